The van der Waals surface area contributed by atoms with Crippen LogP contribution in [0.25, 0.3) is 0 Å². The third-order valence-corrected chi connectivity index (χ3v) is 10.0. The molecule has 0 aromatic rings. The Morgan fingerprint density at radius 3 is 1.33 bits per heavy atom. The number of hydrogen-bond acceptors (Lipinski definition) is 9. The Hall–Kier alpha value is -2.64. The van der Waals surface area contributed by atoms with Crippen LogP contribution in [0.2, 0.25) is 0 Å². The zero-order valence-electron chi connectivity index (χ0n) is 33.7. The summed E-state index contributed by atoms with van der Waals surface area (Å²) in [5.74, 6) is 0.461. The van der Waals surface area contributed by atoms with E-state index in [1.54, 1.807) is 23.9 Å². The highest BCUT2D eigenvalue weighted by atomic mass is 16.6. The molecule has 51 heavy (non-hydrogen) atoms. The fraction of sp³-hybridized carbons (Fsp3) is 0.895. The number of nitrogens with zero attached hydrogens (tertiary/aromatic N) is 5. The van der Waals surface area contributed by atoms with Crippen LogP contribution in [-0.4, -0.2) is 159 Å². The van der Waals surface area contributed by atoms with Gasteiger partial charge < -0.3 is 44.4 Å². The summed E-state index contributed by atoms with van der Waals surface area (Å²) in [6.45, 7) is 20.9. The molecule has 13 heteroatoms. The smallest absolute Gasteiger partial charge is 0.410 e. The van der Waals surface area contributed by atoms with Gasteiger partial charge in [-0.15, -0.1) is 0 Å². The molecule has 0 atom stereocenters. The molecule has 0 bridgehead atoms. The Balaban J connectivity index is 0.000000304. The third kappa shape index (κ3) is 18.1. The zero-order chi connectivity index (χ0) is 38.4. The average Bonchev–Trinajstić information content (AvgIpc) is 3.05. The van der Waals surface area contributed by atoms with E-state index in [1.807, 2.05) is 46.4 Å². The summed E-state index contributed by atoms with van der Waals surface area (Å²) in [4.78, 5) is 57.3. The Morgan fingerprint density at radius 2 is 1.00 bits per heavy atom. The molecule has 2 saturated heterocycles. The lowest BCUT2D eigenvalue weighted by molar-refractivity contribution is -0.143. The average molecular weight is 725 g/mol. The summed E-state index contributed by atoms with van der Waals surface area (Å²) >= 11 is 0. The number of carboxylic acid groups (broad SMARTS) is 1. The third-order valence-electron chi connectivity index (χ3n) is 10.0. The molecule has 2 N–H and O–H groups in total. The first-order chi connectivity index (χ1) is 23.7. The molecule has 2 heterocycles. The minimum atomic E-state index is -0.695. The quantitative estimate of drug-likeness (QED) is 0.397. The van der Waals surface area contributed by atoms with Crippen molar-refractivity contribution in [3.63, 3.8) is 0 Å². The Labute approximate surface area is 308 Å². The van der Waals surface area contributed by atoms with Crippen molar-refractivity contribution in [2.24, 2.45) is 23.7 Å². The first kappa shape index (κ1) is 44.5. The molecule has 296 valence electrons. The van der Waals surface area contributed by atoms with Gasteiger partial charge in [-0.05, 0) is 119 Å². The van der Waals surface area contributed by atoms with Gasteiger partial charge in [0.1, 0.15) is 11.2 Å². The number of hydrogen-bond donors (Lipinski definition) is 2. The number of piperazine rings is 2. The molecule has 13 nitrogen and oxygen atoms in total. The molecule has 2 saturated carbocycles. The summed E-state index contributed by atoms with van der Waals surface area (Å²) in [6, 6.07) is 0. The van der Waals surface area contributed by atoms with Crippen LogP contribution in [-0.2, 0) is 19.1 Å². The maximum absolute atomic E-state index is 12.7. The number of aliphatic carboxylic acids is 1. The topological polar surface area (TPSA) is 135 Å². The highest BCUT2D eigenvalue weighted by molar-refractivity contribution is 5.79. The van der Waals surface area contributed by atoms with Gasteiger partial charge in [-0.1, -0.05) is 0 Å². The van der Waals surface area contributed by atoms with E-state index in [4.69, 9.17) is 14.6 Å². The van der Waals surface area contributed by atoms with Crippen molar-refractivity contribution in [1.29, 1.82) is 0 Å². The second-order valence-corrected chi connectivity index (χ2v) is 17.2. The molecule has 2 aliphatic heterocycles. The second kappa shape index (κ2) is 21.2. The van der Waals surface area contributed by atoms with Gasteiger partial charge in [-0.2, -0.15) is 0 Å². The Kier molecular flexibility index (Phi) is 18.5. The molecule has 3 amide bonds. The van der Waals surface area contributed by atoms with Gasteiger partial charge in [0.25, 0.3) is 0 Å². The number of rotatable bonds is 6. The van der Waals surface area contributed by atoms with E-state index in [2.05, 4.69) is 29.2 Å². The van der Waals surface area contributed by atoms with Crippen LogP contribution in [0.4, 0.5) is 9.59 Å². The van der Waals surface area contributed by atoms with Crippen molar-refractivity contribution in [2.75, 3.05) is 93.6 Å². The fourth-order valence-corrected chi connectivity index (χ4v) is 6.85. The normalized spacial score (nSPS) is 24.9. The predicted molar refractivity (Wildman–Crippen MR) is 201 cm³/mol. The first-order valence-electron chi connectivity index (χ1n) is 19.2. The van der Waals surface area contributed by atoms with Gasteiger partial charge in [0, 0.05) is 85.5 Å². The number of carbonyl (C=O) groups excluding carboxylic acids is 3. The molecule has 0 aromatic heterocycles. The summed E-state index contributed by atoms with van der Waals surface area (Å²) in [5, 5.41) is 12.2. The van der Waals surface area contributed by atoms with Gasteiger partial charge >= 0.3 is 18.2 Å². The number of ether oxygens (including phenoxy) is 2. The minimum absolute atomic E-state index is 0.173. The number of carbonyl (C=O) groups is 4. The van der Waals surface area contributed by atoms with Crippen LogP contribution < -0.4 is 5.32 Å². The van der Waals surface area contributed by atoms with E-state index in [9.17, 15) is 19.2 Å². The summed E-state index contributed by atoms with van der Waals surface area (Å²) < 4.78 is 10.7. The molecular weight excluding hydrogens is 652 g/mol. The maximum atomic E-state index is 12.7. The molecule has 0 radical (unpaired) electrons. The fourth-order valence-electron chi connectivity index (χ4n) is 6.85. The monoisotopic (exact) mass is 725 g/mol. The first-order valence-corrected chi connectivity index (χ1v) is 19.2. The molecule has 0 spiro atoms. The van der Waals surface area contributed by atoms with E-state index in [-0.39, 0.29) is 24.0 Å². The van der Waals surface area contributed by atoms with Crippen molar-refractivity contribution < 1.29 is 33.8 Å². The van der Waals surface area contributed by atoms with Crippen molar-refractivity contribution in [1.82, 2.24) is 29.8 Å². The zero-order valence-corrected chi connectivity index (χ0v) is 33.7. The molecule has 0 unspecified atom stereocenters. The molecular formula is C38H72N6O7. The molecule has 2 aliphatic carbocycles. The van der Waals surface area contributed by atoms with Crippen molar-refractivity contribution in [3.05, 3.63) is 0 Å². The highest BCUT2D eigenvalue weighted by Gasteiger charge is 2.32. The second-order valence-electron chi connectivity index (χ2n) is 17.2. The van der Waals surface area contributed by atoms with Gasteiger partial charge in [-0.25, -0.2) is 9.59 Å². The van der Waals surface area contributed by atoms with E-state index in [1.165, 1.54) is 13.1 Å². The lowest BCUT2D eigenvalue weighted by atomic mass is 9.81. The highest BCUT2D eigenvalue weighted by Crippen LogP contribution is 2.31. The molecule has 4 rings (SSSR count). The van der Waals surface area contributed by atoms with E-state index in [0.717, 1.165) is 77.8 Å². The predicted octanol–water partition coefficient (Wildman–Crippen LogP) is 4.70. The van der Waals surface area contributed by atoms with Crippen LogP contribution >= 0.6 is 0 Å². The number of likely N-dealkylation sites (N-methyl/N-ethyl adjacent to an activating group) is 2. The Morgan fingerprint density at radius 1 is 0.627 bits per heavy atom. The van der Waals surface area contributed by atoms with Crippen molar-refractivity contribution >= 4 is 24.1 Å². The van der Waals surface area contributed by atoms with Crippen LogP contribution in [0.3, 0.4) is 0 Å². The van der Waals surface area contributed by atoms with Crippen LogP contribution in [0.15, 0.2) is 0 Å². The Bertz CT molecular complexity index is 1060. The van der Waals surface area contributed by atoms with E-state index in [0.29, 0.717) is 43.7 Å². The molecule has 0 aromatic carbocycles. The van der Waals surface area contributed by atoms with Gasteiger partial charge in [0.05, 0.1) is 5.92 Å². The lowest BCUT2D eigenvalue weighted by Crippen LogP contribution is -2.49. The van der Waals surface area contributed by atoms with Crippen LogP contribution in [0, 0.1) is 23.7 Å². The van der Waals surface area contributed by atoms with Crippen molar-refractivity contribution in [2.45, 2.75) is 104 Å². The van der Waals surface area contributed by atoms with Crippen LogP contribution in [0.5, 0.6) is 0 Å². The van der Waals surface area contributed by atoms with Gasteiger partial charge in [0.15, 0.2) is 0 Å². The van der Waals surface area contributed by atoms with E-state index >= 15 is 0 Å². The lowest BCUT2D eigenvalue weighted by Gasteiger charge is -2.37. The SMILES string of the molecule is CN(CC1CCC(C(=O)O)CC1)C(=O)OC(C)(C)C.CN1CCN(C(=O)C2CCC(CN(C)C(=O)OC(C)(C)C)CC2)CC1.CN1CCNCC1. The standard InChI is InChI=1S/C19H35N3O3.C14H25NO4.C5H12N2/c1-19(2,3)25-18(24)21(5)14-15-6-8-16(9-7-15)17(23)22-12-10-20(4)11-13-22;1-14(2,3)19-13(18)15(4)9-10-5-7-11(8-6-10)12(16)17;1-7-4-2-6-3-5-7/h15-16H,6-14H2,1-5H3;10-11H,5-9H2,1-4H3,(H,16,17);6H,2-5H2,1H3. The summed E-state index contributed by atoms with van der Waals surface area (Å²) in [7, 11) is 7.79. The van der Waals surface area contributed by atoms with Crippen molar-refractivity contribution in [3.8, 4) is 0 Å². The summed E-state index contributed by atoms with van der Waals surface area (Å²) in [5.41, 5.74) is -0.940. The number of nitrogens with one attached hydrogen (secondary N) is 1. The number of carboxylic acids is 1. The molecule has 4 aliphatic rings. The largest absolute Gasteiger partial charge is 0.481 e. The summed E-state index contributed by atoms with van der Waals surface area (Å²) in [6.07, 6.45) is 6.49. The van der Waals surface area contributed by atoms with Gasteiger partial charge in [-0.3, -0.25) is 9.59 Å². The van der Waals surface area contributed by atoms with E-state index < -0.39 is 17.2 Å². The van der Waals surface area contributed by atoms with Gasteiger partial charge in [0.2, 0.25) is 5.91 Å². The maximum Gasteiger partial charge on any atom is 0.410 e. The van der Waals surface area contributed by atoms with Crippen LogP contribution in [0.1, 0.15) is 92.9 Å². The minimum Gasteiger partial charge on any atom is -0.481 e. The molecule has 4 fully saturated rings. The number of amides is 3.